The fraction of sp³-hybridized carbons (Fsp3) is 0.455. The van der Waals surface area contributed by atoms with Crippen LogP contribution in [0, 0.1) is 0 Å². The van der Waals surface area contributed by atoms with E-state index in [9.17, 15) is 4.57 Å². The van der Waals surface area contributed by atoms with E-state index in [-0.39, 0.29) is 0 Å². The molecule has 3 heteroatoms. The van der Waals surface area contributed by atoms with E-state index in [0.717, 1.165) is 18.4 Å². The van der Waals surface area contributed by atoms with Crippen molar-refractivity contribution in [3.63, 3.8) is 0 Å². The lowest BCUT2D eigenvalue weighted by molar-refractivity contribution is 0.320. The molecular weight excluding hydrogens is 195 g/mol. The molecular formula is C11H17O2P. The summed E-state index contributed by atoms with van der Waals surface area (Å²) in [5.41, 5.74) is 1.09. The predicted octanol–water partition coefficient (Wildman–Crippen LogP) is 3.48. The summed E-state index contributed by atoms with van der Waals surface area (Å²) in [4.78, 5) is 0. The van der Waals surface area contributed by atoms with Gasteiger partial charge in [-0.2, -0.15) is 0 Å². The molecule has 0 spiro atoms. The SMILES string of the molecule is CCCCO[PH](=O)Cc1ccccc1. The van der Waals surface area contributed by atoms with Gasteiger partial charge < -0.3 is 4.52 Å². The summed E-state index contributed by atoms with van der Waals surface area (Å²) in [5.74, 6) is 0. The van der Waals surface area contributed by atoms with E-state index < -0.39 is 8.03 Å². The molecule has 0 aliphatic rings. The number of unbranched alkanes of at least 4 members (excludes halogenated alkanes) is 1. The average molecular weight is 212 g/mol. The van der Waals surface area contributed by atoms with Crippen LogP contribution >= 0.6 is 8.03 Å². The maximum atomic E-state index is 11.5. The second kappa shape index (κ2) is 6.80. The van der Waals surface area contributed by atoms with Crippen LogP contribution in [0.15, 0.2) is 30.3 Å². The van der Waals surface area contributed by atoms with Crippen LogP contribution in [-0.2, 0) is 15.3 Å². The standard InChI is InChI=1S/C11H17O2P/c1-2-3-9-13-14(12)10-11-7-5-4-6-8-11/h4-8,14H,2-3,9-10H2,1H3. The molecule has 0 heterocycles. The topological polar surface area (TPSA) is 26.3 Å². The van der Waals surface area contributed by atoms with Crippen molar-refractivity contribution in [2.24, 2.45) is 0 Å². The fourth-order valence-electron chi connectivity index (χ4n) is 1.14. The van der Waals surface area contributed by atoms with Crippen molar-refractivity contribution in [2.75, 3.05) is 6.61 Å². The van der Waals surface area contributed by atoms with Crippen LogP contribution in [0.5, 0.6) is 0 Å². The first-order chi connectivity index (χ1) is 6.83. The first kappa shape index (κ1) is 11.5. The van der Waals surface area contributed by atoms with E-state index in [1.807, 2.05) is 30.3 Å². The largest absolute Gasteiger partial charge is 0.330 e. The predicted molar refractivity (Wildman–Crippen MR) is 60.0 cm³/mol. The second-order valence-electron chi connectivity index (χ2n) is 3.24. The van der Waals surface area contributed by atoms with Crippen LogP contribution in [0.3, 0.4) is 0 Å². The number of benzene rings is 1. The molecule has 2 nitrogen and oxygen atoms in total. The van der Waals surface area contributed by atoms with Crippen molar-refractivity contribution in [1.82, 2.24) is 0 Å². The first-order valence-corrected chi connectivity index (χ1v) is 6.55. The summed E-state index contributed by atoms with van der Waals surface area (Å²) in [7, 11) is -1.86. The smallest absolute Gasteiger partial charge is 0.195 e. The molecule has 1 unspecified atom stereocenters. The van der Waals surface area contributed by atoms with Gasteiger partial charge in [-0.25, -0.2) is 0 Å². The van der Waals surface area contributed by atoms with Gasteiger partial charge in [0.2, 0.25) is 0 Å². The lowest BCUT2D eigenvalue weighted by Crippen LogP contribution is -1.87. The van der Waals surface area contributed by atoms with E-state index in [4.69, 9.17) is 4.52 Å². The Kier molecular flexibility index (Phi) is 5.58. The Balaban J connectivity index is 2.27. The molecule has 0 aromatic heterocycles. The zero-order valence-corrected chi connectivity index (χ0v) is 9.53. The van der Waals surface area contributed by atoms with Gasteiger partial charge in [0.15, 0.2) is 8.03 Å². The average Bonchev–Trinajstić information content (AvgIpc) is 2.20. The van der Waals surface area contributed by atoms with Gasteiger partial charge in [-0.15, -0.1) is 0 Å². The van der Waals surface area contributed by atoms with Crippen LogP contribution in [0.4, 0.5) is 0 Å². The van der Waals surface area contributed by atoms with E-state index in [2.05, 4.69) is 6.92 Å². The molecule has 0 radical (unpaired) electrons. The Labute approximate surface area is 86.2 Å². The monoisotopic (exact) mass is 212 g/mol. The highest BCUT2D eigenvalue weighted by molar-refractivity contribution is 7.38. The molecule has 78 valence electrons. The molecule has 1 aromatic carbocycles. The normalized spacial score (nSPS) is 12.6. The third-order valence-corrected chi connectivity index (χ3v) is 3.18. The minimum Gasteiger partial charge on any atom is -0.330 e. The van der Waals surface area contributed by atoms with Crippen molar-refractivity contribution in [3.8, 4) is 0 Å². The summed E-state index contributed by atoms with van der Waals surface area (Å²) < 4.78 is 16.7. The van der Waals surface area contributed by atoms with Crippen LogP contribution in [0.2, 0.25) is 0 Å². The number of hydrogen-bond donors (Lipinski definition) is 0. The van der Waals surface area contributed by atoms with E-state index in [0.29, 0.717) is 12.8 Å². The minimum absolute atomic E-state index is 0.565. The molecule has 1 rings (SSSR count). The Morgan fingerprint density at radius 3 is 2.64 bits per heavy atom. The highest BCUT2D eigenvalue weighted by Crippen LogP contribution is 2.27. The van der Waals surface area contributed by atoms with Crippen LogP contribution in [0.25, 0.3) is 0 Å². The van der Waals surface area contributed by atoms with Gasteiger partial charge in [-0.1, -0.05) is 43.7 Å². The zero-order chi connectivity index (χ0) is 10.2. The van der Waals surface area contributed by atoms with Crippen molar-refractivity contribution >= 4 is 8.03 Å². The Morgan fingerprint density at radius 1 is 1.29 bits per heavy atom. The second-order valence-corrected chi connectivity index (χ2v) is 4.62. The van der Waals surface area contributed by atoms with Gasteiger partial charge >= 0.3 is 0 Å². The third kappa shape index (κ3) is 4.59. The quantitative estimate of drug-likeness (QED) is 0.533. The molecule has 0 saturated heterocycles. The lowest BCUT2D eigenvalue weighted by Gasteiger charge is -2.03. The lowest BCUT2D eigenvalue weighted by atomic mass is 10.2. The maximum absolute atomic E-state index is 11.5. The fourth-order valence-corrected chi connectivity index (χ4v) is 2.19. The van der Waals surface area contributed by atoms with Crippen molar-refractivity contribution in [3.05, 3.63) is 35.9 Å². The van der Waals surface area contributed by atoms with Gasteiger partial charge in [0.05, 0.1) is 6.61 Å². The van der Waals surface area contributed by atoms with E-state index >= 15 is 0 Å². The van der Waals surface area contributed by atoms with E-state index in [1.165, 1.54) is 0 Å². The van der Waals surface area contributed by atoms with Gasteiger partial charge in [-0.05, 0) is 12.0 Å². The maximum Gasteiger partial charge on any atom is 0.195 e. The highest BCUT2D eigenvalue weighted by Gasteiger charge is 2.00. The minimum atomic E-state index is -1.86. The van der Waals surface area contributed by atoms with Crippen LogP contribution in [0.1, 0.15) is 25.3 Å². The molecule has 0 amide bonds. The number of hydrogen-bond acceptors (Lipinski definition) is 2. The Bertz CT molecular complexity index is 272. The summed E-state index contributed by atoms with van der Waals surface area (Å²) in [5, 5.41) is 0. The molecule has 0 bridgehead atoms. The zero-order valence-electron chi connectivity index (χ0n) is 8.53. The van der Waals surface area contributed by atoms with Crippen LogP contribution in [-0.4, -0.2) is 6.61 Å². The summed E-state index contributed by atoms with van der Waals surface area (Å²) in [6.07, 6.45) is 2.64. The summed E-state index contributed by atoms with van der Waals surface area (Å²) >= 11 is 0. The Morgan fingerprint density at radius 2 is 2.00 bits per heavy atom. The number of rotatable bonds is 6. The summed E-state index contributed by atoms with van der Waals surface area (Å²) in [6.45, 7) is 2.72. The van der Waals surface area contributed by atoms with Gasteiger partial charge in [0.1, 0.15) is 0 Å². The van der Waals surface area contributed by atoms with E-state index in [1.54, 1.807) is 0 Å². The molecule has 0 aliphatic heterocycles. The third-order valence-electron chi connectivity index (χ3n) is 1.95. The van der Waals surface area contributed by atoms with Crippen molar-refractivity contribution < 1.29 is 9.09 Å². The van der Waals surface area contributed by atoms with Gasteiger partial charge in [-0.3, -0.25) is 4.57 Å². The molecule has 0 aliphatic carbocycles. The molecule has 14 heavy (non-hydrogen) atoms. The molecule has 0 saturated carbocycles. The van der Waals surface area contributed by atoms with Gasteiger partial charge in [0.25, 0.3) is 0 Å². The van der Waals surface area contributed by atoms with Crippen LogP contribution < -0.4 is 0 Å². The first-order valence-electron chi connectivity index (χ1n) is 5.02. The van der Waals surface area contributed by atoms with Crippen molar-refractivity contribution in [1.29, 1.82) is 0 Å². The molecule has 0 fully saturated rings. The van der Waals surface area contributed by atoms with Gasteiger partial charge in [0, 0.05) is 6.16 Å². The molecule has 0 N–H and O–H groups in total. The highest BCUT2D eigenvalue weighted by atomic mass is 31.1. The molecule has 1 atom stereocenters. The van der Waals surface area contributed by atoms with Crippen molar-refractivity contribution in [2.45, 2.75) is 25.9 Å². The molecule has 1 aromatic rings. The summed E-state index contributed by atoms with van der Waals surface area (Å²) in [6, 6.07) is 9.82. The Hall–Kier alpha value is -0.590.